The van der Waals surface area contributed by atoms with Crippen molar-refractivity contribution in [2.75, 3.05) is 26.3 Å². The Morgan fingerprint density at radius 3 is 2.38 bits per heavy atom. The van der Waals surface area contributed by atoms with Gasteiger partial charge in [-0.05, 0) is 45.7 Å². The van der Waals surface area contributed by atoms with Crippen LogP contribution in [0.5, 0.6) is 0 Å². The lowest BCUT2D eigenvalue weighted by Crippen LogP contribution is -2.47. The van der Waals surface area contributed by atoms with Crippen LogP contribution in [0.1, 0.15) is 46.5 Å². The van der Waals surface area contributed by atoms with E-state index in [0.29, 0.717) is 11.6 Å². The molecule has 0 aliphatic carbocycles. The normalized spacial score (nSPS) is 20.2. The average Bonchev–Trinajstić information content (AvgIpc) is 2.24. The van der Waals surface area contributed by atoms with E-state index in [2.05, 4.69) is 31.4 Å². The van der Waals surface area contributed by atoms with Gasteiger partial charge in [-0.25, -0.2) is 0 Å². The molecule has 0 unspecified atom stereocenters. The van der Waals surface area contributed by atoms with Crippen molar-refractivity contribution < 1.29 is 4.74 Å². The van der Waals surface area contributed by atoms with Gasteiger partial charge < -0.3 is 15.4 Å². The monoisotopic (exact) mass is 228 g/mol. The van der Waals surface area contributed by atoms with E-state index in [9.17, 15) is 0 Å². The second kappa shape index (κ2) is 7.25. The molecule has 0 aromatic heterocycles. The van der Waals surface area contributed by atoms with Gasteiger partial charge in [0, 0.05) is 24.8 Å². The van der Waals surface area contributed by atoms with Crippen LogP contribution in [0.2, 0.25) is 0 Å². The summed E-state index contributed by atoms with van der Waals surface area (Å²) in [7, 11) is 0. The smallest absolute Gasteiger partial charge is 0.0483 e. The molecule has 16 heavy (non-hydrogen) atoms. The summed E-state index contributed by atoms with van der Waals surface area (Å²) < 4.78 is 5.39. The second-order valence-electron chi connectivity index (χ2n) is 5.42. The molecule has 1 rings (SSSR count). The average molecular weight is 228 g/mol. The molecule has 0 atom stereocenters. The Bertz CT molecular complexity index is 177. The molecule has 2 N–H and O–H groups in total. The second-order valence-corrected chi connectivity index (χ2v) is 5.42. The van der Waals surface area contributed by atoms with E-state index in [1.54, 1.807) is 0 Å². The number of nitrogens with one attached hydrogen (secondary N) is 2. The van der Waals surface area contributed by atoms with Gasteiger partial charge >= 0.3 is 0 Å². The van der Waals surface area contributed by atoms with Crippen LogP contribution < -0.4 is 10.6 Å². The SMILES string of the molecule is CC(C)NCCCCNC1(C)CCOCC1. The van der Waals surface area contributed by atoms with Crippen LogP contribution >= 0.6 is 0 Å². The van der Waals surface area contributed by atoms with Crippen molar-refractivity contribution in [3.63, 3.8) is 0 Å². The minimum absolute atomic E-state index is 0.323. The Balaban J connectivity index is 1.97. The Labute approximate surface area is 100 Å². The summed E-state index contributed by atoms with van der Waals surface area (Å²) in [5, 5.41) is 7.12. The summed E-state index contributed by atoms with van der Waals surface area (Å²) >= 11 is 0. The maximum atomic E-state index is 5.39. The third-order valence-electron chi connectivity index (χ3n) is 3.30. The fourth-order valence-corrected chi connectivity index (χ4v) is 2.03. The highest BCUT2D eigenvalue weighted by molar-refractivity contribution is 4.85. The fourth-order valence-electron chi connectivity index (χ4n) is 2.03. The molecule has 0 spiro atoms. The van der Waals surface area contributed by atoms with E-state index in [0.717, 1.165) is 39.1 Å². The van der Waals surface area contributed by atoms with Gasteiger partial charge in [0.1, 0.15) is 0 Å². The van der Waals surface area contributed by atoms with Gasteiger partial charge in [0.25, 0.3) is 0 Å². The summed E-state index contributed by atoms with van der Waals surface area (Å²) in [6, 6.07) is 0.612. The molecule has 1 heterocycles. The van der Waals surface area contributed by atoms with Gasteiger partial charge in [-0.1, -0.05) is 13.8 Å². The van der Waals surface area contributed by atoms with Gasteiger partial charge in [0.05, 0.1) is 0 Å². The van der Waals surface area contributed by atoms with E-state index in [1.807, 2.05) is 0 Å². The third kappa shape index (κ3) is 5.83. The molecule has 0 aromatic rings. The fraction of sp³-hybridized carbons (Fsp3) is 1.00. The predicted molar refractivity (Wildman–Crippen MR) is 68.8 cm³/mol. The number of hydrogen-bond acceptors (Lipinski definition) is 3. The van der Waals surface area contributed by atoms with Crippen molar-refractivity contribution in [2.24, 2.45) is 0 Å². The Kier molecular flexibility index (Phi) is 6.32. The highest BCUT2D eigenvalue weighted by Crippen LogP contribution is 2.19. The minimum atomic E-state index is 0.323. The third-order valence-corrected chi connectivity index (χ3v) is 3.30. The number of ether oxygens (including phenoxy) is 1. The van der Waals surface area contributed by atoms with Gasteiger partial charge in [0.2, 0.25) is 0 Å². The van der Waals surface area contributed by atoms with E-state index in [1.165, 1.54) is 12.8 Å². The maximum absolute atomic E-state index is 5.39. The molecule has 3 heteroatoms. The molecule has 3 nitrogen and oxygen atoms in total. The Morgan fingerprint density at radius 1 is 1.12 bits per heavy atom. The van der Waals surface area contributed by atoms with Crippen molar-refractivity contribution >= 4 is 0 Å². The molecule has 0 amide bonds. The lowest BCUT2D eigenvalue weighted by atomic mass is 9.92. The molecule has 0 aromatic carbocycles. The molecular weight excluding hydrogens is 200 g/mol. The molecule has 0 radical (unpaired) electrons. The zero-order valence-electron chi connectivity index (χ0n) is 11.1. The summed E-state index contributed by atoms with van der Waals surface area (Å²) in [6.45, 7) is 10.8. The van der Waals surface area contributed by atoms with E-state index in [4.69, 9.17) is 4.74 Å². The van der Waals surface area contributed by atoms with Gasteiger partial charge in [0.15, 0.2) is 0 Å². The van der Waals surface area contributed by atoms with Crippen molar-refractivity contribution in [3.05, 3.63) is 0 Å². The molecule has 96 valence electrons. The Hall–Kier alpha value is -0.120. The van der Waals surface area contributed by atoms with Crippen LogP contribution in [0.3, 0.4) is 0 Å². The first-order chi connectivity index (χ1) is 7.62. The number of rotatable bonds is 7. The van der Waals surface area contributed by atoms with Gasteiger partial charge in [-0.2, -0.15) is 0 Å². The van der Waals surface area contributed by atoms with Gasteiger partial charge in [-0.3, -0.25) is 0 Å². The summed E-state index contributed by atoms with van der Waals surface area (Å²) in [4.78, 5) is 0. The largest absolute Gasteiger partial charge is 0.381 e. The van der Waals surface area contributed by atoms with Crippen molar-refractivity contribution in [1.82, 2.24) is 10.6 Å². The van der Waals surface area contributed by atoms with Crippen molar-refractivity contribution in [3.8, 4) is 0 Å². The number of hydrogen-bond donors (Lipinski definition) is 2. The molecule has 0 bridgehead atoms. The summed E-state index contributed by atoms with van der Waals surface area (Å²) in [6.07, 6.45) is 4.82. The molecule has 1 fully saturated rings. The van der Waals surface area contributed by atoms with E-state index >= 15 is 0 Å². The highest BCUT2D eigenvalue weighted by Gasteiger charge is 2.25. The zero-order valence-corrected chi connectivity index (χ0v) is 11.1. The van der Waals surface area contributed by atoms with Crippen molar-refractivity contribution in [2.45, 2.75) is 58.0 Å². The lowest BCUT2D eigenvalue weighted by molar-refractivity contribution is 0.0453. The molecule has 1 aliphatic heterocycles. The first-order valence-electron chi connectivity index (χ1n) is 6.68. The lowest BCUT2D eigenvalue weighted by Gasteiger charge is -2.34. The van der Waals surface area contributed by atoms with Crippen LogP contribution in [0.4, 0.5) is 0 Å². The molecule has 1 saturated heterocycles. The van der Waals surface area contributed by atoms with Gasteiger partial charge in [-0.15, -0.1) is 0 Å². The van der Waals surface area contributed by atoms with E-state index in [-0.39, 0.29) is 0 Å². The first-order valence-corrected chi connectivity index (χ1v) is 6.68. The van der Waals surface area contributed by atoms with Crippen LogP contribution in [0, 0.1) is 0 Å². The zero-order chi connectivity index (χ0) is 11.9. The van der Waals surface area contributed by atoms with Crippen LogP contribution in [-0.2, 0) is 4.74 Å². The van der Waals surface area contributed by atoms with Crippen molar-refractivity contribution in [1.29, 1.82) is 0 Å². The molecule has 1 aliphatic rings. The van der Waals surface area contributed by atoms with Crippen LogP contribution in [-0.4, -0.2) is 37.9 Å². The Morgan fingerprint density at radius 2 is 1.75 bits per heavy atom. The first kappa shape index (κ1) is 13.9. The van der Waals surface area contributed by atoms with E-state index < -0.39 is 0 Å². The predicted octanol–water partition coefficient (Wildman–Crippen LogP) is 1.92. The summed E-state index contributed by atoms with van der Waals surface area (Å²) in [5.41, 5.74) is 0.323. The maximum Gasteiger partial charge on any atom is 0.0483 e. The highest BCUT2D eigenvalue weighted by atomic mass is 16.5. The van der Waals surface area contributed by atoms with Crippen LogP contribution in [0.15, 0.2) is 0 Å². The number of unbranched alkanes of at least 4 members (excludes halogenated alkanes) is 1. The van der Waals surface area contributed by atoms with Crippen LogP contribution in [0.25, 0.3) is 0 Å². The quantitative estimate of drug-likeness (QED) is 0.653. The standard InChI is InChI=1S/C13H28N2O/c1-12(2)14-8-4-5-9-15-13(3)6-10-16-11-7-13/h12,14-15H,4-11H2,1-3H3. The molecular formula is C13H28N2O. The minimum Gasteiger partial charge on any atom is -0.381 e. The topological polar surface area (TPSA) is 33.3 Å². The summed E-state index contributed by atoms with van der Waals surface area (Å²) in [5.74, 6) is 0. The molecule has 0 saturated carbocycles.